The molecule has 0 saturated heterocycles. The van der Waals surface area contributed by atoms with Crippen molar-refractivity contribution >= 4 is 46.0 Å². The molecule has 170 valence electrons. The van der Waals surface area contributed by atoms with E-state index in [1.165, 1.54) is 4.90 Å². The Bertz CT molecular complexity index is 1220. The number of amides is 3. The quantitative estimate of drug-likeness (QED) is 0.493. The van der Waals surface area contributed by atoms with Crippen molar-refractivity contribution in [2.45, 2.75) is 25.8 Å². The highest BCUT2D eigenvalue weighted by molar-refractivity contribution is 6.05. The Morgan fingerprint density at radius 3 is 2.76 bits per heavy atom. The van der Waals surface area contributed by atoms with Gasteiger partial charge in [-0.3, -0.25) is 24.3 Å². The fraction of sp³-hybridized carbons (Fsp3) is 0.261. The van der Waals surface area contributed by atoms with E-state index in [0.717, 1.165) is 5.52 Å². The molecule has 0 fully saturated rings. The van der Waals surface area contributed by atoms with Crippen LogP contribution in [-0.4, -0.2) is 53.1 Å². The number of H-pyrrole nitrogens is 1. The van der Waals surface area contributed by atoms with Crippen molar-refractivity contribution in [1.82, 2.24) is 15.5 Å². The van der Waals surface area contributed by atoms with Crippen molar-refractivity contribution in [3.63, 3.8) is 0 Å². The van der Waals surface area contributed by atoms with E-state index in [2.05, 4.69) is 20.8 Å². The fourth-order valence-corrected chi connectivity index (χ4v) is 3.75. The number of esters is 1. The molecule has 3 N–H and O–H groups in total. The van der Waals surface area contributed by atoms with Crippen LogP contribution >= 0.6 is 0 Å². The number of nitrogens with zero attached hydrogens (tertiary/aromatic N) is 2. The van der Waals surface area contributed by atoms with Gasteiger partial charge in [0.25, 0.3) is 11.8 Å². The number of benzene rings is 2. The van der Waals surface area contributed by atoms with E-state index in [4.69, 9.17) is 4.74 Å². The van der Waals surface area contributed by atoms with Crippen molar-refractivity contribution in [1.29, 1.82) is 0 Å². The molecule has 3 aromatic rings. The number of para-hydroxylation sites is 3. The molecule has 1 aromatic heterocycles. The minimum Gasteiger partial charge on any atom is -0.455 e. The second-order valence-electron chi connectivity index (χ2n) is 7.67. The molecule has 0 bridgehead atoms. The van der Waals surface area contributed by atoms with Crippen LogP contribution in [0.15, 0.2) is 48.5 Å². The number of aromatic nitrogens is 2. The highest BCUT2D eigenvalue weighted by atomic mass is 16.5. The number of nitrogens with one attached hydrogen (secondary N) is 3. The van der Waals surface area contributed by atoms with Gasteiger partial charge in [-0.1, -0.05) is 30.3 Å². The molecule has 0 radical (unpaired) electrons. The maximum absolute atomic E-state index is 12.8. The Balaban J connectivity index is 1.29. The third kappa shape index (κ3) is 4.84. The molecular formula is C23H23N5O5. The summed E-state index contributed by atoms with van der Waals surface area (Å²) in [4.78, 5) is 50.8. The van der Waals surface area contributed by atoms with Gasteiger partial charge < -0.3 is 20.3 Å². The van der Waals surface area contributed by atoms with Gasteiger partial charge in [-0.15, -0.1) is 0 Å². The molecule has 1 aliphatic rings. The van der Waals surface area contributed by atoms with E-state index in [-0.39, 0.29) is 31.0 Å². The van der Waals surface area contributed by atoms with Gasteiger partial charge >= 0.3 is 5.97 Å². The normalized spacial score (nSPS) is 15.4. The van der Waals surface area contributed by atoms with Gasteiger partial charge in [-0.25, -0.2) is 0 Å². The van der Waals surface area contributed by atoms with Crippen LogP contribution in [-0.2, 0) is 19.1 Å². The summed E-state index contributed by atoms with van der Waals surface area (Å²) in [6.07, 6.45) is 0.0236. The van der Waals surface area contributed by atoms with Crippen LogP contribution in [0.25, 0.3) is 10.9 Å². The molecule has 1 aliphatic heterocycles. The molecule has 2 heterocycles. The third-order valence-corrected chi connectivity index (χ3v) is 5.28. The lowest BCUT2D eigenvalue weighted by atomic mass is 10.1. The van der Waals surface area contributed by atoms with Crippen LogP contribution in [0.5, 0.6) is 0 Å². The molecule has 3 amide bonds. The monoisotopic (exact) mass is 449 g/mol. The van der Waals surface area contributed by atoms with Crippen LogP contribution in [0, 0.1) is 0 Å². The minimum absolute atomic E-state index is 0.0361. The van der Waals surface area contributed by atoms with Gasteiger partial charge in [0.1, 0.15) is 0 Å². The van der Waals surface area contributed by atoms with Crippen molar-refractivity contribution < 1.29 is 23.9 Å². The predicted octanol–water partition coefficient (Wildman–Crippen LogP) is 1.99. The average molecular weight is 449 g/mol. The number of carbonyl (C=O) groups excluding carboxylic acids is 4. The van der Waals surface area contributed by atoms with Crippen molar-refractivity contribution in [2.75, 3.05) is 23.4 Å². The summed E-state index contributed by atoms with van der Waals surface area (Å²) < 4.78 is 5.12. The molecule has 2 aromatic carbocycles. The first-order chi connectivity index (χ1) is 15.9. The van der Waals surface area contributed by atoms with Crippen LogP contribution < -0.4 is 15.5 Å². The number of anilines is 2. The Hall–Kier alpha value is -4.21. The molecule has 1 atom stereocenters. The summed E-state index contributed by atoms with van der Waals surface area (Å²) in [7, 11) is 0. The van der Waals surface area contributed by atoms with Gasteiger partial charge in [-0.05, 0) is 25.1 Å². The largest absolute Gasteiger partial charge is 0.455 e. The first kappa shape index (κ1) is 22.0. The molecule has 10 heteroatoms. The zero-order valence-corrected chi connectivity index (χ0v) is 18.0. The molecule has 0 spiro atoms. The molecule has 10 nitrogen and oxygen atoms in total. The van der Waals surface area contributed by atoms with Crippen LogP contribution in [0.1, 0.15) is 30.3 Å². The number of aromatic amines is 1. The maximum atomic E-state index is 12.8. The van der Waals surface area contributed by atoms with E-state index in [1.54, 1.807) is 43.3 Å². The molecule has 33 heavy (non-hydrogen) atoms. The number of carbonyl (C=O) groups is 4. The molecule has 1 unspecified atom stereocenters. The van der Waals surface area contributed by atoms with Gasteiger partial charge in [0.05, 0.1) is 23.3 Å². The second kappa shape index (κ2) is 9.51. The van der Waals surface area contributed by atoms with E-state index in [9.17, 15) is 19.2 Å². The summed E-state index contributed by atoms with van der Waals surface area (Å²) in [5.41, 5.74) is 2.06. The standard InChI is InChI=1S/C23H23N5O5/c1-14-12-19(29)25-17-8-4-5-9-18(17)28(14)20(30)13-33-21(31)10-11-24-23(32)22-15-6-2-3-7-16(15)26-27-22/h2-9,14H,10-13H2,1H3,(H,24,32)(H,25,29)(H,26,27). The van der Waals surface area contributed by atoms with E-state index in [1.807, 2.05) is 12.1 Å². The van der Waals surface area contributed by atoms with E-state index < -0.39 is 30.4 Å². The molecular weight excluding hydrogens is 426 g/mol. The summed E-state index contributed by atoms with van der Waals surface area (Å²) in [6, 6.07) is 13.8. The van der Waals surface area contributed by atoms with E-state index >= 15 is 0 Å². The Morgan fingerprint density at radius 1 is 1.15 bits per heavy atom. The Kier molecular flexibility index (Phi) is 6.34. The van der Waals surface area contributed by atoms with Crippen LogP contribution in [0.4, 0.5) is 11.4 Å². The van der Waals surface area contributed by atoms with Crippen molar-refractivity contribution in [3.8, 4) is 0 Å². The Morgan fingerprint density at radius 2 is 1.91 bits per heavy atom. The average Bonchev–Trinajstić information content (AvgIpc) is 3.17. The lowest BCUT2D eigenvalue weighted by Crippen LogP contribution is -2.41. The van der Waals surface area contributed by atoms with E-state index in [0.29, 0.717) is 16.8 Å². The van der Waals surface area contributed by atoms with Crippen molar-refractivity contribution in [2.24, 2.45) is 0 Å². The number of ether oxygens (including phenoxy) is 1. The van der Waals surface area contributed by atoms with Gasteiger partial charge in [0.15, 0.2) is 12.3 Å². The number of hydrogen-bond acceptors (Lipinski definition) is 6. The van der Waals surface area contributed by atoms with Gasteiger partial charge in [-0.2, -0.15) is 5.10 Å². The Labute approximate surface area is 189 Å². The number of hydrogen-bond donors (Lipinski definition) is 3. The van der Waals surface area contributed by atoms with Crippen LogP contribution in [0.2, 0.25) is 0 Å². The SMILES string of the molecule is CC1CC(=O)Nc2ccccc2N1C(=O)COC(=O)CCNC(=O)c1n[nH]c2ccccc12. The smallest absolute Gasteiger partial charge is 0.308 e. The lowest BCUT2D eigenvalue weighted by molar-refractivity contribution is -0.147. The molecule has 0 aliphatic carbocycles. The lowest BCUT2D eigenvalue weighted by Gasteiger charge is -2.27. The summed E-state index contributed by atoms with van der Waals surface area (Å²) in [5.74, 6) is -1.67. The second-order valence-corrected chi connectivity index (χ2v) is 7.67. The minimum atomic E-state index is -0.625. The van der Waals surface area contributed by atoms with Gasteiger partial charge in [0.2, 0.25) is 5.91 Å². The number of fused-ring (bicyclic) bond motifs is 2. The summed E-state index contributed by atoms with van der Waals surface area (Å²) in [5, 5.41) is 12.9. The first-order valence-corrected chi connectivity index (χ1v) is 10.5. The topological polar surface area (TPSA) is 133 Å². The fourth-order valence-electron chi connectivity index (χ4n) is 3.75. The highest BCUT2D eigenvalue weighted by Gasteiger charge is 2.30. The van der Waals surface area contributed by atoms with Crippen LogP contribution in [0.3, 0.4) is 0 Å². The molecule has 4 rings (SSSR count). The summed E-state index contributed by atoms with van der Waals surface area (Å²) in [6.45, 7) is 1.33. The predicted molar refractivity (Wildman–Crippen MR) is 121 cm³/mol. The van der Waals surface area contributed by atoms with Gasteiger partial charge in [0, 0.05) is 24.4 Å². The molecule has 0 saturated carbocycles. The summed E-state index contributed by atoms with van der Waals surface area (Å²) >= 11 is 0. The maximum Gasteiger partial charge on any atom is 0.308 e. The third-order valence-electron chi connectivity index (χ3n) is 5.28. The highest BCUT2D eigenvalue weighted by Crippen LogP contribution is 2.31. The number of rotatable bonds is 6. The first-order valence-electron chi connectivity index (χ1n) is 10.5. The zero-order valence-electron chi connectivity index (χ0n) is 18.0. The van der Waals surface area contributed by atoms with Crippen molar-refractivity contribution in [3.05, 3.63) is 54.2 Å². The zero-order chi connectivity index (χ0) is 23.4.